The Kier molecular flexibility index (Phi) is 5.74. The molecule has 0 atom stereocenters. The van der Waals surface area contributed by atoms with Gasteiger partial charge in [0.25, 0.3) is 10.0 Å². The second kappa shape index (κ2) is 7.26. The molecule has 0 fully saturated rings. The number of nitrogens with one attached hydrogen (secondary N) is 1. The van der Waals surface area contributed by atoms with Gasteiger partial charge in [0.05, 0.1) is 10.6 Å². The summed E-state index contributed by atoms with van der Waals surface area (Å²) < 4.78 is 64.1. The molecule has 24 heavy (non-hydrogen) atoms. The van der Waals surface area contributed by atoms with E-state index in [-0.39, 0.29) is 6.54 Å². The lowest BCUT2D eigenvalue weighted by Crippen LogP contribution is -2.27. The summed E-state index contributed by atoms with van der Waals surface area (Å²) >= 11 is 11.5. The molecule has 1 heterocycles. The maximum atomic E-state index is 12.5. The number of pyridine rings is 1. The van der Waals surface area contributed by atoms with E-state index in [2.05, 4.69) is 9.71 Å². The first-order chi connectivity index (χ1) is 11.1. The van der Waals surface area contributed by atoms with Gasteiger partial charge in [-0.15, -0.1) is 0 Å². The number of halogens is 5. The molecule has 0 spiro atoms. The normalized spacial score (nSPS) is 12.4. The van der Waals surface area contributed by atoms with Crippen LogP contribution in [0.1, 0.15) is 11.1 Å². The van der Waals surface area contributed by atoms with Crippen molar-refractivity contribution < 1.29 is 21.6 Å². The van der Waals surface area contributed by atoms with Gasteiger partial charge in [0.15, 0.2) is 5.03 Å². The van der Waals surface area contributed by atoms with Crippen LogP contribution in [0.25, 0.3) is 0 Å². The standard InChI is InChI=1S/C14H11Cl2F3N2O2S/c15-11-3-1-2-9(6-11)4-5-21-24(22,23)13-12(16)7-10(8-20-13)14(17,18)19/h1-3,6-8,21H,4-5H2. The molecule has 0 aliphatic carbocycles. The van der Waals surface area contributed by atoms with Crippen LogP contribution >= 0.6 is 23.2 Å². The number of hydrogen-bond donors (Lipinski definition) is 1. The van der Waals surface area contributed by atoms with Crippen LogP contribution in [0.4, 0.5) is 13.2 Å². The van der Waals surface area contributed by atoms with Crippen molar-refractivity contribution in [2.45, 2.75) is 17.6 Å². The second-order valence-corrected chi connectivity index (χ2v) is 7.31. The Hall–Kier alpha value is -1.35. The van der Waals surface area contributed by atoms with Crippen LogP contribution in [0.2, 0.25) is 10.0 Å². The van der Waals surface area contributed by atoms with Crippen molar-refractivity contribution in [2.75, 3.05) is 6.54 Å². The molecule has 1 N–H and O–H groups in total. The van der Waals surface area contributed by atoms with Crippen LogP contribution in [-0.2, 0) is 22.6 Å². The Morgan fingerprint density at radius 2 is 1.88 bits per heavy atom. The number of alkyl halides is 3. The Bertz CT molecular complexity index is 842. The van der Waals surface area contributed by atoms with E-state index in [1.807, 2.05) is 0 Å². The maximum Gasteiger partial charge on any atom is 0.417 e. The zero-order chi connectivity index (χ0) is 18.0. The molecule has 0 unspecified atom stereocenters. The van der Waals surface area contributed by atoms with Gasteiger partial charge in [-0.25, -0.2) is 18.1 Å². The molecular formula is C14H11Cl2F3N2O2S. The third-order valence-corrected chi connectivity index (χ3v) is 5.04. The molecular weight excluding hydrogens is 388 g/mol. The fourth-order valence-corrected chi connectivity index (χ4v) is 3.57. The van der Waals surface area contributed by atoms with Crippen molar-refractivity contribution in [2.24, 2.45) is 0 Å². The molecule has 4 nitrogen and oxygen atoms in total. The fraction of sp³-hybridized carbons (Fsp3) is 0.214. The van der Waals surface area contributed by atoms with Crippen LogP contribution in [0.15, 0.2) is 41.6 Å². The largest absolute Gasteiger partial charge is 0.417 e. The first kappa shape index (κ1) is 19.0. The van der Waals surface area contributed by atoms with Crippen molar-refractivity contribution in [1.29, 1.82) is 0 Å². The minimum atomic E-state index is -4.65. The topological polar surface area (TPSA) is 59.1 Å². The van der Waals surface area contributed by atoms with Crippen LogP contribution in [0, 0.1) is 0 Å². The smallest absolute Gasteiger partial charge is 0.241 e. The number of rotatable bonds is 5. The monoisotopic (exact) mass is 398 g/mol. The SMILES string of the molecule is O=S(=O)(NCCc1cccc(Cl)c1)c1ncc(C(F)(F)F)cc1Cl. The van der Waals surface area contributed by atoms with Crippen LogP contribution in [0.5, 0.6) is 0 Å². The third kappa shape index (κ3) is 4.83. The van der Waals surface area contributed by atoms with E-state index >= 15 is 0 Å². The van der Waals surface area contributed by atoms with Gasteiger partial charge in [0.1, 0.15) is 0 Å². The summed E-state index contributed by atoms with van der Waals surface area (Å²) in [5, 5.41) is -0.730. The van der Waals surface area contributed by atoms with E-state index in [4.69, 9.17) is 23.2 Å². The highest BCUT2D eigenvalue weighted by Gasteiger charge is 2.32. The molecule has 1 aromatic heterocycles. The fourth-order valence-electron chi connectivity index (χ4n) is 1.87. The molecule has 0 aliphatic heterocycles. The molecule has 0 saturated carbocycles. The number of hydrogen-bond acceptors (Lipinski definition) is 3. The Labute approximate surface area is 146 Å². The summed E-state index contributed by atoms with van der Waals surface area (Å²) in [6.07, 6.45) is -3.88. The lowest BCUT2D eigenvalue weighted by molar-refractivity contribution is -0.137. The highest BCUT2D eigenvalue weighted by molar-refractivity contribution is 7.89. The third-order valence-electron chi connectivity index (χ3n) is 2.98. The molecule has 2 aromatic rings. The van der Waals surface area contributed by atoms with E-state index in [1.165, 1.54) is 0 Å². The predicted molar refractivity (Wildman–Crippen MR) is 84.6 cm³/mol. The van der Waals surface area contributed by atoms with Gasteiger partial charge in [0, 0.05) is 17.8 Å². The number of aromatic nitrogens is 1. The van der Waals surface area contributed by atoms with Crippen molar-refractivity contribution in [1.82, 2.24) is 9.71 Å². The van der Waals surface area contributed by atoms with E-state index in [1.54, 1.807) is 24.3 Å². The summed E-state index contributed by atoms with van der Waals surface area (Å²) in [5.74, 6) is 0. The van der Waals surface area contributed by atoms with Gasteiger partial charge >= 0.3 is 6.18 Å². The lowest BCUT2D eigenvalue weighted by Gasteiger charge is -2.10. The van der Waals surface area contributed by atoms with Gasteiger partial charge in [-0.1, -0.05) is 35.3 Å². The first-order valence-electron chi connectivity index (χ1n) is 6.56. The summed E-state index contributed by atoms with van der Waals surface area (Å²) in [4.78, 5) is 3.33. The molecule has 1 aromatic carbocycles. The van der Waals surface area contributed by atoms with Gasteiger partial charge in [-0.3, -0.25) is 0 Å². The quantitative estimate of drug-likeness (QED) is 0.829. The van der Waals surface area contributed by atoms with E-state index in [9.17, 15) is 21.6 Å². The molecule has 0 aliphatic rings. The van der Waals surface area contributed by atoms with Gasteiger partial charge < -0.3 is 0 Å². The van der Waals surface area contributed by atoms with E-state index in [0.29, 0.717) is 23.7 Å². The second-order valence-electron chi connectivity index (χ2n) is 4.79. The zero-order valence-electron chi connectivity index (χ0n) is 11.9. The van der Waals surface area contributed by atoms with Gasteiger partial charge in [-0.05, 0) is 30.2 Å². The predicted octanol–water partition coefficient (Wildman–Crippen LogP) is 3.93. The number of benzene rings is 1. The molecule has 0 bridgehead atoms. The van der Waals surface area contributed by atoms with Crippen molar-refractivity contribution in [3.05, 3.63) is 57.7 Å². The summed E-state index contributed by atoms with van der Waals surface area (Å²) in [5.41, 5.74) is -0.318. The van der Waals surface area contributed by atoms with Crippen molar-refractivity contribution in [3.8, 4) is 0 Å². The minimum absolute atomic E-state index is 0.0156. The summed E-state index contributed by atoms with van der Waals surface area (Å²) in [6, 6.07) is 7.38. The van der Waals surface area contributed by atoms with Crippen LogP contribution in [-0.4, -0.2) is 19.9 Å². The molecule has 130 valence electrons. The Morgan fingerprint density at radius 3 is 2.46 bits per heavy atom. The maximum absolute atomic E-state index is 12.5. The van der Waals surface area contributed by atoms with Gasteiger partial charge in [-0.2, -0.15) is 13.2 Å². The Morgan fingerprint density at radius 1 is 1.17 bits per heavy atom. The lowest BCUT2D eigenvalue weighted by atomic mass is 10.2. The Balaban J connectivity index is 2.10. The summed E-state index contributed by atoms with van der Waals surface area (Å²) in [6.45, 7) is 0.0156. The van der Waals surface area contributed by atoms with E-state index in [0.717, 1.165) is 5.56 Å². The molecule has 0 amide bonds. The molecule has 2 rings (SSSR count). The van der Waals surface area contributed by atoms with Crippen LogP contribution < -0.4 is 4.72 Å². The van der Waals surface area contributed by atoms with Gasteiger partial charge in [0.2, 0.25) is 0 Å². The average Bonchev–Trinajstić information content (AvgIpc) is 2.45. The van der Waals surface area contributed by atoms with E-state index < -0.39 is 31.8 Å². The number of nitrogens with zero attached hydrogens (tertiary/aromatic N) is 1. The minimum Gasteiger partial charge on any atom is -0.241 e. The number of sulfonamides is 1. The summed E-state index contributed by atoms with van der Waals surface area (Å²) in [7, 11) is -4.13. The molecule has 0 radical (unpaired) electrons. The highest BCUT2D eigenvalue weighted by Crippen LogP contribution is 2.32. The zero-order valence-corrected chi connectivity index (χ0v) is 14.3. The molecule has 0 saturated heterocycles. The average molecular weight is 399 g/mol. The van der Waals surface area contributed by atoms with Crippen molar-refractivity contribution >= 4 is 33.2 Å². The highest BCUT2D eigenvalue weighted by atomic mass is 35.5. The van der Waals surface area contributed by atoms with Crippen molar-refractivity contribution in [3.63, 3.8) is 0 Å². The van der Waals surface area contributed by atoms with Crippen LogP contribution in [0.3, 0.4) is 0 Å². The molecule has 10 heteroatoms. The first-order valence-corrected chi connectivity index (χ1v) is 8.80.